The molecule has 1 saturated heterocycles. The number of carbonyl (C=O) groups excluding carboxylic acids is 3. The van der Waals surface area contributed by atoms with Gasteiger partial charge < -0.3 is 5.32 Å². The Bertz CT molecular complexity index is 650. The maximum absolute atomic E-state index is 13.1. The maximum Gasteiger partial charge on any atom is 0.244 e. The molecule has 1 aliphatic carbocycles. The Morgan fingerprint density at radius 3 is 2.39 bits per heavy atom. The van der Waals surface area contributed by atoms with Crippen LogP contribution in [-0.4, -0.2) is 29.2 Å². The van der Waals surface area contributed by atoms with Crippen molar-refractivity contribution in [2.24, 2.45) is 11.8 Å². The molecule has 2 aliphatic rings. The van der Waals surface area contributed by atoms with Gasteiger partial charge in [0.25, 0.3) is 0 Å². The standard InChI is InChI=1S/C17H19FN2O3/c1-10-8-11(18)6-7-14(10)19-15(21)9-20-16(22)12-4-2-3-5-13(12)17(20)23/h6-8,12-13H,2-5,9H2,1H3,(H,19,21). The van der Waals surface area contributed by atoms with Crippen LogP contribution in [0.25, 0.3) is 0 Å². The van der Waals surface area contributed by atoms with Crippen molar-refractivity contribution in [1.82, 2.24) is 4.90 Å². The quantitative estimate of drug-likeness (QED) is 0.869. The lowest BCUT2D eigenvalue weighted by Crippen LogP contribution is -2.38. The summed E-state index contributed by atoms with van der Waals surface area (Å²) in [5.74, 6) is -1.79. The van der Waals surface area contributed by atoms with E-state index in [4.69, 9.17) is 0 Å². The molecular weight excluding hydrogens is 299 g/mol. The van der Waals surface area contributed by atoms with Crippen LogP contribution in [-0.2, 0) is 14.4 Å². The number of aryl methyl sites for hydroxylation is 1. The van der Waals surface area contributed by atoms with Gasteiger partial charge in [0.1, 0.15) is 12.4 Å². The van der Waals surface area contributed by atoms with Crippen LogP contribution in [0.4, 0.5) is 10.1 Å². The number of rotatable bonds is 3. The fraction of sp³-hybridized carbons (Fsp3) is 0.471. The number of nitrogens with zero attached hydrogens (tertiary/aromatic N) is 1. The van der Waals surface area contributed by atoms with Crippen molar-refractivity contribution < 1.29 is 18.8 Å². The van der Waals surface area contributed by atoms with Crippen LogP contribution in [0.5, 0.6) is 0 Å². The van der Waals surface area contributed by atoms with Crippen LogP contribution in [0.2, 0.25) is 0 Å². The SMILES string of the molecule is Cc1cc(F)ccc1NC(=O)CN1C(=O)C2CCCCC2C1=O. The largest absolute Gasteiger partial charge is 0.324 e. The minimum absolute atomic E-state index is 0.231. The number of carbonyl (C=O) groups is 3. The lowest BCUT2D eigenvalue weighted by Gasteiger charge is -2.19. The molecular formula is C17H19FN2O3. The number of amides is 3. The van der Waals surface area contributed by atoms with Crippen LogP contribution in [0, 0.1) is 24.6 Å². The van der Waals surface area contributed by atoms with Gasteiger partial charge in [-0.25, -0.2) is 4.39 Å². The molecule has 1 saturated carbocycles. The lowest BCUT2D eigenvalue weighted by molar-refractivity contribution is -0.142. The molecule has 1 aromatic carbocycles. The molecule has 0 aromatic heterocycles. The number of nitrogens with one attached hydrogen (secondary N) is 1. The minimum atomic E-state index is -0.444. The zero-order valence-corrected chi connectivity index (χ0v) is 13.0. The summed E-state index contributed by atoms with van der Waals surface area (Å²) in [6.07, 6.45) is 3.36. The first-order chi connectivity index (χ1) is 11.0. The summed E-state index contributed by atoms with van der Waals surface area (Å²) in [7, 11) is 0. The van der Waals surface area contributed by atoms with Crippen molar-refractivity contribution in [1.29, 1.82) is 0 Å². The monoisotopic (exact) mass is 318 g/mol. The number of benzene rings is 1. The number of imide groups is 1. The summed E-state index contributed by atoms with van der Waals surface area (Å²) >= 11 is 0. The molecule has 2 unspecified atom stereocenters. The summed E-state index contributed by atoms with van der Waals surface area (Å²) in [5.41, 5.74) is 1.07. The first-order valence-electron chi connectivity index (χ1n) is 7.88. The topological polar surface area (TPSA) is 66.5 Å². The molecule has 1 aromatic rings. The maximum atomic E-state index is 13.1. The molecule has 2 fully saturated rings. The van der Waals surface area contributed by atoms with Gasteiger partial charge >= 0.3 is 0 Å². The number of fused-ring (bicyclic) bond motifs is 1. The zero-order chi connectivity index (χ0) is 16.6. The average molecular weight is 318 g/mol. The van der Waals surface area contributed by atoms with Gasteiger partial charge in [0.2, 0.25) is 17.7 Å². The van der Waals surface area contributed by atoms with E-state index < -0.39 is 5.91 Å². The Labute approximate surface area is 133 Å². The third kappa shape index (κ3) is 2.98. The Hall–Kier alpha value is -2.24. The van der Waals surface area contributed by atoms with Gasteiger partial charge in [0.05, 0.1) is 11.8 Å². The Balaban J connectivity index is 1.68. The van der Waals surface area contributed by atoms with Crippen molar-refractivity contribution in [2.45, 2.75) is 32.6 Å². The predicted molar refractivity (Wildman–Crippen MR) is 81.9 cm³/mol. The molecule has 6 heteroatoms. The van der Waals surface area contributed by atoms with Crippen molar-refractivity contribution >= 4 is 23.4 Å². The molecule has 3 rings (SSSR count). The Morgan fingerprint density at radius 2 is 1.83 bits per heavy atom. The van der Waals surface area contributed by atoms with Gasteiger partial charge in [0, 0.05) is 5.69 Å². The highest BCUT2D eigenvalue weighted by Gasteiger charge is 2.48. The van der Waals surface area contributed by atoms with E-state index in [1.807, 2.05) is 0 Å². The Morgan fingerprint density at radius 1 is 1.22 bits per heavy atom. The number of hydrogen-bond donors (Lipinski definition) is 1. The van der Waals surface area contributed by atoms with E-state index in [-0.39, 0.29) is 36.0 Å². The van der Waals surface area contributed by atoms with Gasteiger partial charge in [-0.05, 0) is 43.5 Å². The lowest BCUT2D eigenvalue weighted by atomic mass is 9.81. The average Bonchev–Trinajstić information content (AvgIpc) is 2.76. The summed E-state index contributed by atoms with van der Waals surface area (Å²) in [6.45, 7) is 1.40. The smallest absolute Gasteiger partial charge is 0.244 e. The highest BCUT2D eigenvalue weighted by atomic mass is 19.1. The summed E-state index contributed by atoms with van der Waals surface area (Å²) in [5, 5.41) is 2.64. The van der Waals surface area contributed by atoms with Crippen LogP contribution in [0.15, 0.2) is 18.2 Å². The third-order valence-electron chi connectivity index (χ3n) is 4.70. The molecule has 0 spiro atoms. The molecule has 0 bridgehead atoms. The molecule has 2 atom stereocenters. The molecule has 3 amide bonds. The normalized spacial score (nSPS) is 23.8. The summed E-state index contributed by atoms with van der Waals surface area (Å²) in [6, 6.07) is 4.04. The third-order valence-corrected chi connectivity index (χ3v) is 4.70. The van der Waals surface area contributed by atoms with Gasteiger partial charge in [-0.2, -0.15) is 0 Å². The number of likely N-dealkylation sites (tertiary alicyclic amines) is 1. The van der Waals surface area contributed by atoms with Crippen LogP contribution in [0.3, 0.4) is 0 Å². The number of anilines is 1. The van der Waals surface area contributed by atoms with E-state index in [9.17, 15) is 18.8 Å². The molecule has 5 nitrogen and oxygen atoms in total. The second-order valence-electron chi connectivity index (χ2n) is 6.27. The van der Waals surface area contributed by atoms with E-state index in [2.05, 4.69) is 5.32 Å². The molecule has 23 heavy (non-hydrogen) atoms. The van der Waals surface area contributed by atoms with Gasteiger partial charge in [-0.1, -0.05) is 12.8 Å². The molecule has 0 radical (unpaired) electrons. The van der Waals surface area contributed by atoms with Crippen molar-refractivity contribution in [3.63, 3.8) is 0 Å². The van der Waals surface area contributed by atoms with Gasteiger partial charge in [-0.15, -0.1) is 0 Å². The number of hydrogen-bond acceptors (Lipinski definition) is 3. The fourth-order valence-corrected chi connectivity index (χ4v) is 3.49. The van der Waals surface area contributed by atoms with Gasteiger partial charge in [-0.3, -0.25) is 19.3 Å². The van der Waals surface area contributed by atoms with E-state index >= 15 is 0 Å². The molecule has 1 aliphatic heterocycles. The fourth-order valence-electron chi connectivity index (χ4n) is 3.49. The van der Waals surface area contributed by atoms with Crippen molar-refractivity contribution in [2.75, 3.05) is 11.9 Å². The molecule has 1 heterocycles. The summed E-state index contributed by atoms with van der Waals surface area (Å²) < 4.78 is 13.1. The highest BCUT2D eigenvalue weighted by molar-refractivity contribution is 6.08. The minimum Gasteiger partial charge on any atom is -0.324 e. The first kappa shape index (κ1) is 15.6. The first-order valence-corrected chi connectivity index (χ1v) is 7.88. The van der Waals surface area contributed by atoms with Crippen LogP contribution < -0.4 is 5.32 Å². The highest BCUT2D eigenvalue weighted by Crippen LogP contribution is 2.37. The number of halogens is 1. The second kappa shape index (κ2) is 6.10. The molecule has 122 valence electrons. The molecule has 1 N–H and O–H groups in total. The van der Waals surface area contributed by atoms with Crippen LogP contribution in [0.1, 0.15) is 31.2 Å². The van der Waals surface area contributed by atoms with Crippen molar-refractivity contribution in [3.05, 3.63) is 29.6 Å². The predicted octanol–water partition coefficient (Wildman–Crippen LogP) is 2.25. The van der Waals surface area contributed by atoms with E-state index in [0.717, 1.165) is 30.6 Å². The van der Waals surface area contributed by atoms with Gasteiger partial charge in [0.15, 0.2) is 0 Å². The zero-order valence-electron chi connectivity index (χ0n) is 13.0. The van der Waals surface area contributed by atoms with Crippen molar-refractivity contribution in [3.8, 4) is 0 Å². The van der Waals surface area contributed by atoms with Crippen LogP contribution >= 0.6 is 0 Å². The van der Waals surface area contributed by atoms with E-state index in [0.29, 0.717) is 11.3 Å². The second-order valence-corrected chi connectivity index (χ2v) is 6.27. The Kier molecular flexibility index (Phi) is 4.15. The van der Waals surface area contributed by atoms with E-state index in [1.165, 1.54) is 18.2 Å². The summed E-state index contributed by atoms with van der Waals surface area (Å²) in [4.78, 5) is 37.9. The van der Waals surface area contributed by atoms with E-state index in [1.54, 1.807) is 6.92 Å².